The number of benzene rings is 1. The van der Waals surface area contributed by atoms with E-state index >= 15 is 0 Å². The third-order valence-electron chi connectivity index (χ3n) is 6.55. The Kier molecular flexibility index (Phi) is 7.15. The standard InChI is InChI=1S/C24H27F4N7O2/c1-36-8-7-33-5-4-18(17(26)11-33)30-24-31-23(37-2)22-15(3-6-35(22)32-24)14-9-16(25)21-19(10-14)34(13-29-21)12-20(27)28/h3,6,9-10,13,17-18,20H,4-5,7-8,11-12H2,1-2H3,(H,30,32)/t17-,18-/m0/s1. The number of hydrogen-bond acceptors (Lipinski definition) is 7. The number of methoxy groups -OCH3 is 2. The molecule has 1 saturated heterocycles. The number of halogens is 4. The molecule has 0 aliphatic carbocycles. The van der Waals surface area contributed by atoms with Crippen molar-refractivity contribution in [3.05, 3.63) is 36.5 Å². The quantitative estimate of drug-likeness (QED) is 0.337. The fraction of sp³-hybridized carbons (Fsp3) is 0.458. The summed E-state index contributed by atoms with van der Waals surface area (Å²) >= 11 is 0. The summed E-state index contributed by atoms with van der Waals surface area (Å²) < 4.78 is 69.0. The summed E-state index contributed by atoms with van der Waals surface area (Å²) in [5.74, 6) is -0.239. The van der Waals surface area contributed by atoms with Crippen molar-refractivity contribution in [3.8, 4) is 17.0 Å². The van der Waals surface area contributed by atoms with E-state index in [0.29, 0.717) is 42.8 Å². The van der Waals surface area contributed by atoms with Crippen LogP contribution < -0.4 is 10.1 Å². The Labute approximate surface area is 210 Å². The number of aromatic nitrogens is 5. The zero-order valence-electron chi connectivity index (χ0n) is 20.4. The normalized spacial score (nSPS) is 18.8. The minimum atomic E-state index is -2.61. The van der Waals surface area contributed by atoms with Crippen LogP contribution in [0.4, 0.5) is 23.5 Å². The van der Waals surface area contributed by atoms with E-state index in [0.717, 1.165) is 0 Å². The van der Waals surface area contributed by atoms with Crippen molar-refractivity contribution in [1.82, 2.24) is 29.0 Å². The van der Waals surface area contributed by atoms with Gasteiger partial charge >= 0.3 is 0 Å². The van der Waals surface area contributed by atoms with Gasteiger partial charge < -0.3 is 19.4 Å². The van der Waals surface area contributed by atoms with E-state index in [1.807, 2.05) is 4.90 Å². The molecule has 0 bridgehead atoms. The Bertz CT molecular complexity index is 1390. The molecule has 13 heteroatoms. The molecule has 3 aromatic heterocycles. The highest BCUT2D eigenvalue weighted by Gasteiger charge is 2.30. The van der Waals surface area contributed by atoms with Gasteiger partial charge in [0.25, 0.3) is 6.43 Å². The maximum atomic E-state index is 14.9. The van der Waals surface area contributed by atoms with Gasteiger partial charge in [-0.1, -0.05) is 0 Å². The summed E-state index contributed by atoms with van der Waals surface area (Å²) in [5, 5.41) is 7.54. The molecule has 37 heavy (non-hydrogen) atoms. The Morgan fingerprint density at radius 1 is 1.24 bits per heavy atom. The van der Waals surface area contributed by atoms with E-state index < -0.39 is 31.0 Å². The number of likely N-dealkylation sites (tertiary alicyclic amines) is 1. The molecule has 1 aliphatic rings. The summed E-state index contributed by atoms with van der Waals surface area (Å²) in [6.07, 6.45) is -0.316. The van der Waals surface area contributed by atoms with Crippen LogP contribution in [0.2, 0.25) is 0 Å². The van der Waals surface area contributed by atoms with Crippen molar-refractivity contribution >= 4 is 22.5 Å². The van der Waals surface area contributed by atoms with Gasteiger partial charge in [0.1, 0.15) is 17.2 Å². The largest absolute Gasteiger partial charge is 0.479 e. The molecule has 1 aromatic carbocycles. The first kappa shape index (κ1) is 25.2. The molecule has 0 unspecified atom stereocenters. The van der Waals surface area contributed by atoms with Crippen LogP contribution >= 0.6 is 0 Å². The molecule has 9 nitrogen and oxygen atoms in total. The molecular formula is C24H27F4N7O2. The Hall–Kier alpha value is -3.45. The second-order valence-electron chi connectivity index (χ2n) is 8.93. The molecule has 0 saturated carbocycles. The number of hydrogen-bond donors (Lipinski definition) is 1. The molecule has 198 valence electrons. The van der Waals surface area contributed by atoms with Crippen LogP contribution in [0.1, 0.15) is 6.42 Å². The highest BCUT2D eigenvalue weighted by atomic mass is 19.3. The van der Waals surface area contributed by atoms with Crippen molar-refractivity contribution in [2.45, 2.75) is 31.6 Å². The average molecular weight is 522 g/mol. The fourth-order valence-corrected chi connectivity index (χ4v) is 4.72. The second kappa shape index (κ2) is 10.5. The van der Waals surface area contributed by atoms with Gasteiger partial charge in [-0.25, -0.2) is 27.1 Å². The summed E-state index contributed by atoms with van der Waals surface area (Å²) in [6, 6.07) is 4.12. The first-order valence-electron chi connectivity index (χ1n) is 11.9. The van der Waals surface area contributed by atoms with E-state index in [1.165, 1.54) is 28.6 Å². The SMILES string of the molecule is COCCN1CC[C@H](Nc2nc(OC)c3c(-c4cc(F)c5ncn(CC(F)F)c5c4)ccn3n2)[C@@H](F)C1. The van der Waals surface area contributed by atoms with Gasteiger partial charge in [-0.05, 0) is 30.2 Å². The predicted molar refractivity (Wildman–Crippen MR) is 129 cm³/mol. The Morgan fingerprint density at radius 3 is 2.81 bits per heavy atom. The van der Waals surface area contributed by atoms with Gasteiger partial charge in [-0.3, -0.25) is 4.90 Å². The molecule has 1 fully saturated rings. The number of fused-ring (bicyclic) bond motifs is 2. The van der Waals surface area contributed by atoms with Crippen LogP contribution in [0.3, 0.4) is 0 Å². The topological polar surface area (TPSA) is 81.7 Å². The van der Waals surface area contributed by atoms with E-state index in [4.69, 9.17) is 9.47 Å². The lowest BCUT2D eigenvalue weighted by atomic mass is 10.0. The molecule has 2 atom stereocenters. The highest BCUT2D eigenvalue weighted by Crippen LogP contribution is 2.34. The predicted octanol–water partition coefficient (Wildman–Crippen LogP) is 3.63. The van der Waals surface area contributed by atoms with Gasteiger partial charge in [0, 0.05) is 38.5 Å². The average Bonchev–Trinajstić information content (AvgIpc) is 3.48. The van der Waals surface area contributed by atoms with Gasteiger partial charge in [0.05, 0.1) is 38.1 Å². The highest BCUT2D eigenvalue weighted by molar-refractivity contribution is 5.90. The van der Waals surface area contributed by atoms with Crippen LogP contribution in [0.5, 0.6) is 5.88 Å². The van der Waals surface area contributed by atoms with Crippen LogP contribution in [0, 0.1) is 5.82 Å². The van der Waals surface area contributed by atoms with E-state index in [2.05, 4.69) is 20.4 Å². The van der Waals surface area contributed by atoms with E-state index in [-0.39, 0.29) is 29.4 Å². The first-order valence-corrected chi connectivity index (χ1v) is 11.9. The maximum Gasteiger partial charge on any atom is 0.256 e. The molecule has 0 spiro atoms. The monoisotopic (exact) mass is 521 g/mol. The maximum absolute atomic E-state index is 14.9. The summed E-state index contributed by atoms with van der Waals surface area (Å²) in [6.45, 7) is 1.61. The molecular weight excluding hydrogens is 494 g/mol. The van der Waals surface area contributed by atoms with Crippen LogP contribution in [-0.4, -0.2) is 88.1 Å². The fourth-order valence-electron chi connectivity index (χ4n) is 4.72. The molecule has 1 aliphatic heterocycles. The van der Waals surface area contributed by atoms with E-state index in [1.54, 1.807) is 25.4 Å². The number of alkyl halides is 3. The van der Waals surface area contributed by atoms with Crippen LogP contribution in [-0.2, 0) is 11.3 Å². The smallest absolute Gasteiger partial charge is 0.256 e. The molecule has 4 aromatic rings. The van der Waals surface area contributed by atoms with Gasteiger partial charge in [0.15, 0.2) is 5.82 Å². The lowest BCUT2D eigenvalue weighted by Crippen LogP contribution is -2.48. The minimum absolute atomic E-state index is 0.0108. The number of nitrogens with one attached hydrogen (secondary N) is 1. The molecule has 0 amide bonds. The second-order valence-corrected chi connectivity index (χ2v) is 8.93. The zero-order valence-corrected chi connectivity index (χ0v) is 20.4. The van der Waals surface area contributed by atoms with Crippen molar-refractivity contribution < 1.29 is 27.0 Å². The van der Waals surface area contributed by atoms with Gasteiger partial charge in [-0.2, -0.15) is 4.98 Å². The Morgan fingerprint density at radius 2 is 2.08 bits per heavy atom. The minimum Gasteiger partial charge on any atom is -0.479 e. The molecule has 0 radical (unpaired) electrons. The molecule has 5 rings (SSSR count). The van der Waals surface area contributed by atoms with Gasteiger partial charge in [0.2, 0.25) is 11.8 Å². The zero-order chi connectivity index (χ0) is 26.1. The third kappa shape index (κ3) is 5.05. The van der Waals surface area contributed by atoms with Crippen molar-refractivity contribution in [1.29, 1.82) is 0 Å². The summed E-state index contributed by atoms with van der Waals surface area (Å²) in [7, 11) is 3.06. The number of rotatable bonds is 9. The van der Waals surface area contributed by atoms with Gasteiger partial charge in [-0.15, -0.1) is 5.10 Å². The van der Waals surface area contributed by atoms with Crippen molar-refractivity contribution in [2.24, 2.45) is 0 Å². The number of ether oxygens (including phenoxy) is 2. The first-order chi connectivity index (χ1) is 17.9. The Balaban J connectivity index is 1.45. The summed E-state index contributed by atoms with van der Waals surface area (Å²) in [4.78, 5) is 10.4. The van der Waals surface area contributed by atoms with Crippen molar-refractivity contribution in [3.63, 3.8) is 0 Å². The van der Waals surface area contributed by atoms with Crippen molar-refractivity contribution in [2.75, 3.05) is 45.8 Å². The molecule has 4 heterocycles. The number of anilines is 1. The van der Waals surface area contributed by atoms with E-state index in [9.17, 15) is 17.6 Å². The number of piperidine rings is 1. The molecule has 1 N–H and O–H groups in total. The third-order valence-corrected chi connectivity index (χ3v) is 6.55. The van der Waals surface area contributed by atoms with Crippen LogP contribution in [0.15, 0.2) is 30.7 Å². The summed E-state index contributed by atoms with van der Waals surface area (Å²) in [5.41, 5.74) is 1.69. The number of imidazole rings is 1. The van der Waals surface area contributed by atoms with Crippen LogP contribution in [0.25, 0.3) is 27.7 Å². The number of nitrogens with zero attached hydrogens (tertiary/aromatic N) is 6. The lowest BCUT2D eigenvalue weighted by molar-refractivity contribution is 0.0918. The lowest BCUT2D eigenvalue weighted by Gasteiger charge is -2.34.